The van der Waals surface area contributed by atoms with Crippen LogP contribution in [0.2, 0.25) is 5.02 Å². The summed E-state index contributed by atoms with van der Waals surface area (Å²) in [7, 11) is 1.64. The number of nitrogens with zero attached hydrogens (tertiary/aromatic N) is 2. The maximum absolute atomic E-state index is 13.1. The molecule has 0 aliphatic carbocycles. The van der Waals surface area contributed by atoms with E-state index in [2.05, 4.69) is 6.92 Å². The van der Waals surface area contributed by atoms with Crippen molar-refractivity contribution in [2.24, 2.45) is 0 Å². The monoisotopic (exact) mass is 408 g/mol. The summed E-state index contributed by atoms with van der Waals surface area (Å²) in [5.74, 6) is 0. The Morgan fingerprint density at radius 3 is 2.77 bits per heavy atom. The molecule has 0 bridgehead atoms. The van der Waals surface area contributed by atoms with Crippen molar-refractivity contribution < 1.29 is 4.74 Å². The van der Waals surface area contributed by atoms with Crippen LogP contribution in [0.3, 0.4) is 0 Å². The van der Waals surface area contributed by atoms with Crippen LogP contribution in [0.4, 0.5) is 0 Å². The van der Waals surface area contributed by atoms with Crippen molar-refractivity contribution in [2.45, 2.75) is 37.7 Å². The van der Waals surface area contributed by atoms with E-state index in [4.69, 9.17) is 21.3 Å². The van der Waals surface area contributed by atoms with Crippen molar-refractivity contribution in [3.8, 4) is 0 Å². The molecule has 2 heterocycles. The van der Waals surface area contributed by atoms with Gasteiger partial charge in [-0.3, -0.25) is 9.36 Å². The Bertz CT molecular complexity index is 997. The van der Waals surface area contributed by atoms with Gasteiger partial charge in [-0.05, 0) is 38.0 Å². The van der Waals surface area contributed by atoms with Gasteiger partial charge in [-0.25, -0.2) is 4.98 Å². The van der Waals surface area contributed by atoms with Crippen LogP contribution >= 0.6 is 34.7 Å². The third-order valence-corrected chi connectivity index (χ3v) is 6.97. The normalized spacial score (nSPS) is 12.7. The number of halogens is 1. The van der Waals surface area contributed by atoms with Gasteiger partial charge in [-0.1, -0.05) is 41.6 Å². The largest absolute Gasteiger partial charge is 0.383 e. The summed E-state index contributed by atoms with van der Waals surface area (Å²) in [4.78, 5) is 19.8. The van der Waals surface area contributed by atoms with Gasteiger partial charge in [0.05, 0.1) is 18.5 Å². The minimum atomic E-state index is 0.00255. The first-order valence-electron chi connectivity index (χ1n) is 8.34. The molecule has 0 saturated heterocycles. The number of methoxy groups -OCH3 is 1. The molecule has 0 spiro atoms. The number of hydrogen-bond donors (Lipinski definition) is 0. The lowest BCUT2D eigenvalue weighted by Gasteiger charge is -2.16. The molecule has 2 aromatic heterocycles. The molecule has 4 nitrogen and oxygen atoms in total. The fourth-order valence-corrected chi connectivity index (χ4v) is 5.34. The predicted octanol–water partition coefficient (Wildman–Crippen LogP) is 5.23. The molecule has 0 aliphatic heterocycles. The van der Waals surface area contributed by atoms with Crippen molar-refractivity contribution in [2.75, 3.05) is 13.7 Å². The molecule has 138 valence electrons. The molecule has 1 unspecified atom stereocenters. The first kappa shape index (κ1) is 19.4. The highest BCUT2D eigenvalue weighted by Crippen LogP contribution is 2.38. The highest BCUT2D eigenvalue weighted by atomic mass is 35.5. The summed E-state index contributed by atoms with van der Waals surface area (Å²) in [6.45, 7) is 7.03. The first-order chi connectivity index (χ1) is 12.4. The second-order valence-electron chi connectivity index (χ2n) is 6.09. The maximum Gasteiger partial charge on any atom is 0.263 e. The molecule has 3 aromatic rings. The van der Waals surface area contributed by atoms with Gasteiger partial charge in [0, 0.05) is 22.3 Å². The van der Waals surface area contributed by atoms with Crippen LogP contribution in [-0.4, -0.2) is 23.3 Å². The molecule has 0 N–H and O–H groups in total. The van der Waals surface area contributed by atoms with Gasteiger partial charge in [-0.2, -0.15) is 0 Å². The van der Waals surface area contributed by atoms with E-state index < -0.39 is 0 Å². The number of thioether (sulfide) groups is 1. The van der Waals surface area contributed by atoms with Gasteiger partial charge < -0.3 is 4.74 Å². The summed E-state index contributed by atoms with van der Waals surface area (Å²) in [5.41, 5.74) is 2.05. The fourth-order valence-electron chi connectivity index (χ4n) is 2.80. The van der Waals surface area contributed by atoms with Crippen molar-refractivity contribution in [3.63, 3.8) is 0 Å². The lowest BCUT2D eigenvalue weighted by atomic mass is 10.2. The summed E-state index contributed by atoms with van der Waals surface area (Å²) in [6, 6.07) is 7.78. The Morgan fingerprint density at radius 1 is 1.35 bits per heavy atom. The maximum atomic E-state index is 13.1. The third-order valence-electron chi connectivity index (χ3n) is 4.40. The van der Waals surface area contributed by atoms with E-state index in [-0.39, 0.29) is 10.8 Å². The number of aryl methyl sites for hydroxylation is 2. The van der Waals surface area contributed by atoms with Crippen LogP contribution in [0.1, 0.15) is 28.2 Å². The van der Waals surface area contributed by atoms with E-state index in [0.29, 0.717) is 18.3 Å². The number of aromatic nitrogens is 2. The van der Waals surface area contributed by atoms with Gasteiger partial charge in [0.1, 0.15) is 4.83 Å². The molecule has 0 saturated carbocycles. The van der Waals surface area contributed by atoms with E-state index >= 15 is 0 Å². The number of thiophene rings is 1. The lowest BCUT2D eigenvalue weighted by molar-refractivity contribution is 0.183. The van der Waals surface area contributed by atoms with Crippen LogP contribution in [0.5, 0.6) is 0 Å². The number of fused-ring (bicyclic) bond motifs is 1. The van der Waals surface area contributed by atoms with Crippen LogP contribution in [-0.2, 0) is 11.3 Å². The molecule has 0 amide bonds. The van der Waals surface area contributed by atoms with Crippen molar-refractivity contribution in [1.82, 2.24) is 9.55 Å². The molecule has 0 radical (unpaired) electrons. The smallest absolute Gasteiger partial charge is 0.263 e. The third kappa shape index (κ3) is 3.69. The Kier molecular flexibility index (Phi) is 6.07. The van der Waals surface area contributed by atoms with Crippen LogP contribution in [0, 0.1) is 13.8 Å². The zero-order valence-electron chi connectivity index (χ0n) is 15.2. The van der Waals surface area contributed by atoms with Gasteiger partial charge in [0.2, 0.25) is 0 Å². The zero-order valence-corrected chi connectivity index (χ0v) is 17.6. The lowest BCUT2D eigenvalue weighted by Crippen LogP contribution is -2.25. The first-order valence-corrected chi connectivity index (χ1v) is 10.4. The summed E-state index contributed by atoms with van der Waals surface area (Å²) < 4.78 is 6.92. The Labute approximate surface area is 166 Å². The van der Waals surface area contributed by atoms with Crippen LogP contribution < -0.4 is 5.56 Å². The van der Waals surface area contributed by atoms with Gasteiger partial charge in [-0.15, -0.1) is 11.3 Å². The molecule has 0 fully saturated rings. The molecule has 3 rings (SSSR count). The van der Waals surface area contributed by atoms with Crippen molar-refractivity contribution in [3.05, 3.63) is 55.6 Å². The second kappa shape index (κ2) is 8.13. The van der Waals surface area contributed by atoms with E-state index in [1.165, 1.54) is 0 Å². The van der Waals surface area contributed by atoms with Gasteiger partial charge in [0.15, 0.2) is 5.16 Å². The highest BCUT2D eigenvalue weighted by molar-refractivity contribution is 7.99. The van der Waals surface area contributed by atoms with Gasteiger partial charge in [0.25, 0.3) is 5.56 Å². The van der Waals surface area contributed by atoms with E-state index in [9.17, 15) is 4.79 Å². The fraction of sp³-hybridized carbons (Fsp3) is 0.368. The SMILES string of the molecule is COCCn1c(SC(C)c2ccccc2Cl)nc2sc(C)c(C)c2c1=O. The molecule has 1 aromatic carbocycles. The van der Waals surface area contributed by atoms with Crippen LogP contribution in [0.15, 0.2) is 34.2 Å². The average molecular weight is 409 g/mol. The van der Waals surface area contributed by atoms with Crippen LogP contribution in [0.25, 0.3) is 10.2 Å². The Balaban J connectivity index is 2.08. The summed E-state index contributed by atoms with van der Waals surface area (Å²) >= 11 is 9.46. The van der Waals surface area contributed by atoms with E-state index in [0.717, 1.165) is 31.2 Å². The molecular formula is C19H21ClN2O2S2. The van der Waals surface area contributed by atoms with E-state index in [1.807, 2.05) is 38.1 Å². The molecular weight excluding hydrogens is 388 g/mol. The number of hydrogen-bond acceptors (Lipinski definition) is 5. The standard InChI is InChI=1S/C19H21ClN2O2S2/c1-11-12(2)25-17-16(11)18(23)22(9-10-24-4)19(21-17)26-13(3)14-7-5-6-8-15(14)20/h5-8,13H,9-10H2,1-4H3. The summed E-state index contributed by atoms with van der Waals surface area (Å²) in [5, 5.41) is 2.22. The number of rotatable bonds is 6. The minimum Gasteiger partial charge on any atom is -0.383 e. The molecule has 26 heavy (non-hydrogen) atoms. The molecule has 1 atom stereocenters. The summed E-state index contributed by atoms with van der Waals surface area (Å²) in [6.07, 6.45) is 0. The second-order valence-corrected chi connectivity index (χ2v) is 9.01. The predicted molar refractivity (Wildman–Crippen MR) is 111 cm³/mol. The Morgan fingerprint density at radius 2 is 2.08 bits per heavy atom. The topological polar surface area (TPSA) is 44.1 Å². The zero-order chi connectivity index (χ0) is 18.8. The van der Waals surface area contributed by atoms with Crippen molar-refractivity contribution >= 4 is 44.9 Å². The van der Waals surface area contributed by atoms with Gasteiger partial charge >= 0.3 is 0 Å². The molecule has 0 aliphatic rings. The highest BCUT2D eigenvalue weighted by Gasteiger charge is 2.19. The number of ether oxygens (including phenoxy) is 1. The van der Waals surface area contributed by atoms with E-state index in [1.54, 1.807) is 34.8 Å². The Hall–Kier alpha value is -1.34. The number of benzene rings is 1. The average Bonchev–Trinajstić information content (AvgIpc) is 2.89. The quantitative estimate of drug-likeness (QED) is 0.414. The minimum absolute atomic E-state index is 0.00255. The van der Waals surface area contributed by atoms with Crippen molar-refractivity contribution in [1.29, 1.82) is 0 Å². The molecule has 7 heteroatoms.